The Balaban J connectivity index is 2.08. The van der Waals surface area contributed by atoms with E-state index in [-0.39, 0.29) is 6.04 Å². The standard InChI is InChI=1S/C17H21NO/c1-19-16-11-10-15(13-8-4-5-9-14(13)16)17(18)12-6-2-3-7-12/h4-5,8-12,17H,2-3,6-7,18H2,1H3/t17-/m1/s1. The van der Waals surface area contributed by atoms with E-state index < -0.39 is 0 Å². The van der Waals surface area contributed by atoms with Crippen LogP contribution in [0.2, 0.25) is 0 Å². The van der Waals surface area contributed by atoms with Gasteiger partial charge in [0.2, 0.25) is 0 Å². The molecule has 3 rings (SSSR count). The van der Waals surface area contributed by atoms with Crippen molar-refractivity contribution in [2.45, 2.75) is 31.7 Å². The van der Waals surface area contributed by atoms with E-state index in [1.807, 2.05) is 6.07 Å². The smallest absolute Gasteiger partial charge is 0.126 e. The molecule has 1 fully saturated rings. The molecule has 1 atom stereocenters. The number of ether oxygens (including phenoxy) is 1. The Hall–Kier alpha value is -1.54. The van der Waals surface area contributed by atoms with Gasteiger partial charge in [-0.3, -0.25) is 0 Å². The monoisotopic (exact) mass is 255 g/mol. The van der Waals surface area contributed by atoms with Crippen LogP contribution in [-0.4, -0.2) is 7.11 Å². The molecule has 0 saturated heterocycles. The minimum Gasteiger partial charge on any atom is -0.496 e. The van der Waals surface area contributed by atoms with Crippen LogP contribution in [0.5, 0.6) is 5.75 Å². The number of hydrogen-bond donors (Lipinski definition) is 1. The van der Waals surface area contributed by atoms with Gasteiger partial charge in [0.25, 0.3) is 0 Å². The van der Waals surface area contributed by atoms with Crippen molar-refractivity contribution in [2.75, 3.05) is 7.11 Å². The van der Waals surface area contributed by atoms with Gasteiger partial charge in [-0.25, -0.2) is 0 Å². The van der Waals surface area contributed by atoms with Gasteiger partial charge in [0.05, 0.1) is 7.11 Å². The molecule has 0 aromatic heterocycles. The van der Waals surface area contributed by atoms with Gasteiger partial charge in [-0.15, -0.1) is 0 Å². The summed E-state index contributed by atoms with van der Waals surface area (Å²) in [7, 11) is 1.72. The molecule has 2 heteroatoms. The Morgan fingerprint density at radius 2 is 1.74 bits per heavy atom. The van der Waals surface area contributed by atoms with Crippen LogP contribution in [0.4, 0.5) is 0 Å². The summed E-state index contributed by atoms with van der Waals surface area (Å²) < 4.78 is 5.45. The maximum Gasteiger partial charge on any atom is 0.126 e. The molecular formula is C17H21NO. The zero-order valence-corrected chi connectivity index (χ0v) is 11.4. The topological polar surface area (TPSA) is 35.2 Å². The second kappa shape index (κ2) is 5.22. The van der Waals surface area contributed by atoms with Crippen LogP contribution in [0.1, 0.15) is 37.3 Å². The van der Waals surface area contributed by atoms with Crippen LogP contribution in [0, 0.1) is 5.92 Å². The van der Waals surface area contributed by atoms with Crippen molar-refractivity contribution in [3.05, 3.63) is 42.0 Å². The van der Waals surface area contributed by atoms with E-state index in [9.17, 15) is 0 Å². The van der Waals surface area contributed by atoms with Gasteiger partial charge in [-0.2, -0.15) is 0 Å². The summed E-state index contributed by atoms with van der Waals surface area (Å²) >= 11 is 0. The highest BCUT2D eigenvalue weighted by molar-refractivity contribution is 5.91. The molecular weight excluding hydrogens is 234 g/mol. The average molecular weight is 255 g/mol. The highest BCUT2D eigenvalue weighted by atomic mass is 16.5. The van der Waals surface area contributed by atoms with E-state index in [1.54, 1.807) is 7.11 Å². The molecule has 0 spiro atoms. The summed E-state index contributed by atoms with van der Waals surface area (Å²) in [4.78, 5) is 0. The molecule has 0 heterocycles. The van der Waals surface area contributed by atoms with Crippen molar-refractivity contribution >= 4 is 10.8 Å². The summed E-state index contributed by atoms with van der Waals surface area (Å²) in [6.07, 6.45) is 5.18. The third kappa shape index (κ3) is 2.21. The molecule has 0 bridgehead atoms. The summed E-state index contributed by atoms with van der Waals surface area (Å²) in [6, 6.07) is 12.7. The van der Waals surface area contributed by atoms with Gasteiger partial charge < -0.3 is 10.5 Å². The van der Waals surface area contributed by atoms with Crippen molar-refractivity contribution in [3.8, 4) is 5.75 Å². The molecule has 0 unspecified atom stereocenters. The van der Waals surface area contributed by atoms with E-state index in [0.717, 1.165) is 11.1 Å². The Morgan fingerprint density at radius 1 is 1.05 bits per heavy atom. The molecule has 1 aliphatic rings. The summed E-state index contributed by atoms with van der Waals surface area (Å²) in [5.41, 5.74) is 7.78. The molecule has 0 aliphatic heterocycles. The number of benzene rings is 2. The fourth-order valence-electron chi connectivity index (χ4n) is 3.33. The van der Waals surface area contributed by atoms with Crippen molar-refractivity contribution in [1.29, 1.82) is 0 Å². The summed E-state index contributed by atoms with van der Waals surface area (Å²) in [5.74, 6) is 1.56. The Morgan fingerprint density at radius 3 is 2.42 bits per heavy atom. The first-order chi connectivity index (χ1) is 9.31. The van der Waals surface area contributed by atoms with Gasteiger partial charge >= 0.3 is 0 Å². The average Bonchev–Trinajstić information content (AvgIpc) is 2.99. The van der Waals surface area contributed by atoms with E-state index >= 15 is 0 Å². The molecule has 100 valence electrons. The van der Waals surface area contributed by atoms with Gasteiger partial charge in [-0.1, -0.05) is 43.2 Å². The molecule has 0 amide bonds. The molecule has 2 aromatic rings. The highest BCUT2D eigenvalue weighted by Crippen LogP contribution is 2.38. The zero-order chi connectivity index (χ0) is 13.2. The van der Waals surface area contributed by atoms with Crippen LogP contribution in [0.25, 0.3) is 10.8 Å². The molecule has 2 aromatic carbocycles. The fourth-order valence-corrected chi connectivity index (χ4v) is 3.33. The summed E-state index contributed by atoms with van der Waals surface area (Å²) in [6.45, 7) is 0. The lowest BCUT2D eigenvalue weighted by Gasteiger charge is -2.21. The van der Waals surface area contributed by atoms with Crippen LogP contribution < -0.4 is 10.5 Å². The lowest BCUT2D eigenvalue weighted by atomic mass is 9.89. The SMILES string of the molecule is COc1ccc([C@H](N)C2CCCC2)c2ccccc12. The Labute approximate surface area is 114 Å². The second-order valence-electron chi connectivity index (χ2n) is 5.47. The van der Waals surface area contributed by atoms with E-state index in [2.05, 4.69) is 30.3 Å². The quantitative estimate of drug-likeness (QED) is 0.898. The van der Waals surface area contributed by atoms with Gasteiger partial charge in [0.15, 0.2) is 0 Å². The van der Waals surface area contributed by atoms with Crippen molar-refractivity contribution in [3.63, 3.8) is 0 Å². The molecule has 2 nitrogen and oxygen atoms in total. The normalized spacial score (nSPS) is 17.8. The van der Waals surface area contributed by atoms with Crippen molar-refractivity contribution in [1.82, 2.24) is 0 Å². The predicted molar refractivity (Wildman–Crippen MR) is 79.4 cm³/mol. The molecule has 0 radical (unpaired) electrons. The van der Waals surface area contributed by atoms with E-state index in [1.165, 1.54) is 36.6 Å². The molecule has 19 heavy (non-hydrogen) atoms. The van der Waals surface area contributed by atoms with Crippen LogP contribution >= 0.6 is 0 Å². The number of rotatable bonds is 3. The molecule has 1 saturated carbocycles. The third-order valence-corrected chi connectivity index (χ3v) is 4.40. The van der Waals surface area contributed by atoms with Gasteiger partial charge in [0, 0.05) is 11.4 Å². The second-order valence-corrected chi connectivity index (χ2v) is 5.47. The van der Waals surface area contributed by atoms with Crippen molar-refractivity contribution < 1.29 is 4.74 Å². The Bertz CT molecular complexity index is 572. The maximum absolute atomic E-state index is 6.52. The van der Waals surface area contributed by atoms with Gasteiger partial charge in [-0.05, 0) is 35.8 Å². The van der Waals surface area contributed by atoms with E-state index in [0.29, 0.717) is 5.92 Å². The largest absolute Gasteiger partial charge is 0.496 e. The maximum atomic E-state index is 6.52. The first-order valence-electron chi connectivity index (χ1n) is 7.12. The first kappa shape index (κ1) is 12.5. The van der Waals surface area contributed by atoms with Crippen molar-refractivity contribution in [2.24, 2.45) is 11.7 Å². The summed E-state index contributed by atoms with van der Waals surface area (Å²) in [5, 5.41) is 2.40. The first-order valence-corrected chi connectivity index (χ1v) is 7.12. The Kier molecular flexibility index (Phi) is 3.43. The number of fused-ring (bicyclic) bond motifs is 1. The zero-order valence-electron chi connectivity index (χ0n) is 11.4. The fraction of sp³-hybridized carbons (Fsp3) is 0.412. The van der Waals surface area contributed by atoms with Crippen LogP contribution in [0.3, 0.4) is 0 Å². The number of nitrogens with two attached hydrogens (primary N) is 1. The van der Waals surface area contributed by atoms with Gasteiger partial charge in [0.1, 0.15) is 5.75 Å². The van der Waals surface area contributed by atoms with Crippen LogP contribution in [-0.2, 0) is 0 Å². The molecule has 2 N–H and O–H groups in total. The van der Waals surface area contributed by atoms with Crippen LogP contribution in [0.15, 0.2) is 36.4 Å². The molecule has 1 aliphatic carbocycles. The third-order valence-electron chi connectivity index (χ3n) is 4.40. The minimum atomic E-state index is 0.151. The lowest BCUT2D eigenvalue weighted by molar-refractivity contribution is 0.418. The minimum absolute atomic E-state index is 0.151. The van der Waals surface area contributed by atoms with E-state index in [4.69, 9.17) is 10.5 Å². The predicted octanol–water partition coefficient (Wildman–Crippen LogP) is 4.04. The highest BCUT2D eigenvalue weighted by Gasteiger charge is 2.24. The number of methoxy groups -OCH3 is 1. The number of hydrogen-bond acceptors (Lipinski definition) is 2. The lowest BCUT2D eigenvalue weighted by Crippen LogP contribution is -2.19.